The maximum absolute atomic E-state index is 3.42. The van der Waals surface area contributed by atoms with E-state index in [0.717, 1.165) is 19.6 Å². The van der Waals surface area contributed by atoms with E-state index in [2.05, 4.69) is 41.8 Å². The summed E-state index contributed by atoms with van der Waals surface area (Å²) in [6.45, 7) is 5.27. The fraction of sp³-hybridized carbons (Fsp3) is 0.500. The third-order valence-corrected chi connectivity index (χ3v) is 2.19. The van der Waals surface area contributed by atoms with Crippen LogP contribution in [0, 0.1) is 6.92 Å². The summed E-state index contributed by atoms with van der Waals surface area (Å²) in [7, 11) is 1.99. The maximum Gasteiger partial charge on any atom is 0.0205 e. The van der Waals surface area contributed by atoms with Gasteiger partial charge in [-0.2, -0.15) is 0 Å². The molecular weight excluding hydrogens is 172 g/mol. The summed E-state index contributed by atoms with van der Waals surface area (Å²) in [5, 5.41) is 6.56. The second-order valence-corrected chi connectivity index (χ2v) is 3.62. The zero-order chi connectivity index (χ0) is 10.2. The molecule has 0 aliphatic rings. The second-order valence-electron chi connectivity index (χ2n) is 3.62. The van der Waals surface area contributed by atoms with Gasteiger partial charge in [0.25, 0.3) is 0 Å². The molecule has 1 aromatic rings. The predicted molar refractivity (Wildman–Crippen MR) is 61.4 cm³/mol. The quantitative estimate of drug-likeness (QED) is 0.670. The lowest BCUT2D eigenvalue weighted by Crippen LogP contribution is -2.19. The molecule has 0 spiro atoms. The maximum atomic E-state index is 3.42. The molecule has 14 heavy (non-hydrogen) atoms. The van der Waals surface area contributed by atoms with Crippen molar-refractivity contribution in [3.8, 4) is 0 Å². The Bertz CT molecular complexity index is 258. The zero-order valence-corrected chi connectivity index (χ0v) is 9.14. The molecular formula is C12H20N2. The Labute approximate surface area is 86.7 Å². The average molecular weight is 192 g/mol. The molecule has 0 saturated carbocycles. The van der Waals surface area contributed by atoms with Gasteiger partial charge in [-0.1, -0.05) is 29.8 Å². The summed E-state index contributed by atoms with van der Waals surface area (Å²) in [6.07, 6.45) is 1.18. The van der Waals surface area contributed by atoms with Gasteiger partial charge in [0.05, 0.1) is 0 Å². The Morgan fingerprint density at radius 2 is 2.07 bits per heavy atom. The number of rotatable bonds is 6. The van der Waals surface area contributed by atoms with Crippen LogP contribution >= 0.6 is 0 Å². The molecule has 0 heterocycles. The van der Waals surface area contributed by atoms with E-state index in [9.17, 15) is 0 Å². The van der Waals surface area contributed by atoms with Crippen molar-refractivity contribution in [2.75, 3.05) is 20.1 Å². The zero-order valence-electron chi connectivity index (χ0n) is 9.14. The largest absolute Gasteiger partial charge is 0.320 e. The van der Waals surface area contributed by atoms with E-state index >= 15 is 0 Å². The number of benzene rings is 1. The summed E-state index contributed by atoms with van der Waals surface area (Å²) in [5.41, 5.74) is 2.70. The van der Waals surface area contributed by atoms with Crippen LogP contribution in [0.4, 0.5) is 0 Å². The lowest BCUT2D eigenvalue weighted by Gasteiger charge is -2.05. The standard InChI is InChI=1S/C12H20N2/c1-11-5-3-6-12(9-11)10-14-8-4-7-13-2/h3,5-6,9,13-14H,4,7-8,10H2,1-2H3. The van der Waals surface area contributed by atoms with Gasteiger partial charge in [0.15, 0.2) is 0 Å². The molecule has 78 valence electrons. The third kappa shape index (κ3) is 4.40. The molecule has 0 fully saturated rings. The highest BCUT2D eigenvalue weighted by Gasteiger charge is 1.92. The van der Waals surface area contributed by atoms with Gasteiger partial charge in [-0.3, -0.25) is 0 Å². The first kappa shape index (κ1) is 11.2. The molecule has 0 aliphatic carbocycles. The lowest BCUT2D eigenvalue weighted by atomic mass is 10.1. The SMILES string of the molecule is CNCCCNCc1cccc(C)c1. The molecule has 2 N–H and O–H groups in total. The van der Waals surface area contributed by atoms with Crippen LogP contribution < -0.4 is 10.6 Å². The second kappa shape index (κ2) is 6.57. The van der Waals surface area contributed by atoms with Gasteiger partial charge in [0.1, 0.15) is 0 Å². The number of hydrogen-bond acceptors (Lipinski definition) is 2. The minimum atomic E-state index is 0.978. The molecule has 0 amide bonds. The smallest absolute Gasteiger partial charge is 0.0205 e. The van der Waals surface area contributed by atoms with Crippen molar-refractivity contribution in [2.24, 2.45) is 0 Å². The Balaban J connectivity index is 2.18. The van der Waals surface area contributed by atoms with Crippen LogP contribution in [-0.4, -0.2) is 20.1 Å². The van der Waals surface area contributed by atoms with Crippen molar-refractivity contribution in [2.45, 2.75) is 19.9 Å². The first-order valence-electron chi connectivity index (χ1n) is 5.24. The van der Waals surface area contributed by atoms with Crippen molar-refractivity contribution in [1.29, 1.82) is 0 Å². The Morgan fingerprint density at radius 1 is 1.21 bits per heavy atom. The lowest BCUT2D eigenvalue weighted by molar-refractivity contribution is 0.625. The van der Waals surface area contributed by atoms with Crippen LogP contribution in [0.1, 0.15) is 17.5 Å². The average Bonchev–Trinajstić information content (AvgIpc) is 2.18. The Kier molecular flexibility index (Phi) is 5.27. The summed E-state index contributed by atoms with van der Waals surface area (Å²) in [5.74, 6) is 0. The molecule has 0 atom stereocenters. The first-order chi connectivity index (χ1) is 6.83. The van der Waals surface area contributed by atoms with E-state index in [4.69, 9.17) is 0 Å². The molecule has 0 radical (unpaired) electrons. The minimum absolute atomic E-state index is 0.978. The molecule has 0 unspecified atom stereocenters. The van der Waals surface area contributed by atoms with E-state index < -0.39 is 0 Å². The summed E-state index contributed by atoms with van der Waals surface area (Å²) >= 11 is 0. The monoisotopic (exact) mass is 192 g/mol. The number of aryl methyl sites for hydroxylation is 1. The first-order valence-corrected chi connectivity index (χ1v) is 5.24. The van der Waals surface area contributed by atoms with E-state index in [1.165, 1.54) is 17.5 Å². The van der Waals surface area contributed by atoms with Gasteiger partial charge < -0.3 is 10.6 Å². The van der Waals surface area contributed by atoms with Crippen molar-refractivity contribution in [3.63, 3.8) is 0 Å². The van der Waals surface area contributed by atoms with E-state index in [1.807, 2.05) is 7.05 Å². The number of nitrogens with one attached hydrogen (secondary N) is 2. The van der Waals surface area contributed by atoms with Gasteiger partial charge in [0.2, 0.25) is 0 Å². The van der Waals surface area contributed by atoms with Gasteiger partial charge in [-0.15, -0.1) is 0 Å². The highest BCUT2D eigenvalue weighted by Crippen LogP contribution is 2.02. The molecule has 0 aliphatic heterocycles. The van der Waals surface area contributed by atoms with Crippen LogP contribution in [0.5, 0.6) is 0 Å². The highest BCUT2D eigenvalue weighted by molar-refractivity contribution is 5.21. The molecule has 0 bridgehead atoms. The summed E-state index contributed by atoms with van der Waals surface area (Å²) in [6, 6.07) is 8.63. The molecule has 0 aromatic heterocycles. The van der Waals surface area contributed by atoms with E-state index in [0.29, 0.717) is 0 Å². The van der Waals surface area contributed by atoms with Crippen LogP contribution in [0.15, 0.2) is 24.3 Å². The van der Waals surface area contributed by atoms with Crippen molar-refractivity contribution < 1.29 is 0 Å². The Morgan fingerprint density at radius 3 is 2.79 bits per heavy atom. The van der Waals surface area contributed by atoms with Crippen LogP contribution in [-0.2, 0) is 6.54 Å². The third-order valence-electron chi connectivity index (χ3n) is 2.19. The van der Waals surface area contributed by atoms with Crippen LogP contribution in [0.25, 0.3) is 0 Å². The summed E-state index contributed by atoms with van der Waals surface area (Å²) < 4.78 is 0. The van der Waals surface area contributed by atoms with Crippen molar-refractivity contribution in [1.82, 2.24) is 10.6 Å². The number of hydrogen-bond donors (Lipinski definition) is 2. The van der Waals surface area contributed by atoms with Gasteiger partial charge >= 0.3 is 0 Å². The van der Waals surface area contributed by atoms with Gasteiger partial charge in [0, 0.05) is 6.54 Å². The van der Waals surface area contributed by atoms with Crippen molar-refractivity contribution in [3.05, 3.63) is 35.4 Å². The summed E-state index contributed by atoms with van der Waals surface area (Å²) in [4.78, 5) is 0. The highest BCUT2D eigenvalue weighted by atomic mass is 14.9. The van der Waals surface area contributed by atoms with Crippen molar-refractivity contribution >= 4 is 0 Å². The molecule has 1 rings (SSSR count). The molecule has 2 heteroatoms. The Hall–Kier alpha value is -0.860. The normalized spacial score (nSPS) is 10.4. The molecule has 1 aromatic carbocycles. The van der Waals surface area contributed by atoms with Gasteiger partial charge in [-0.05, 0) is 39.0 Å². The van der Waals surface area contributed by atoms with Crippen LogP contribution in [0.3, 0.4) is 0 Å². The fourth-order valence-corrected chi connectivity index (χ4v) is 1.44. The fourth-order valence-electron chi connectivity index (χ4n) is 1.44. The molecule has 0 saturated heterocycles. The van der Waals surface area contributed by atoms with Gasteiger partial charge in [-0.25, -0.2) is 0 Å². The van der Waals surface area contributed by atoms with E-state index in [-0.39, 0.29) is 0 Å². The van der Waals surface area contributed by atoms with E-state index in [1.54, 1.807) is 0 Å². The molecule has 2 nitrogen and oxygen atoms in total. The predicted octanol–water partition coefficient (Wildman–Crippen LogP) is 1.69. The van der Waals surface area contributed by atoms with Crippen LogP contribution in [0.2, 0.25) is 0 Å². The minimum Gasteiger partial charge on any atom is -0.320 e. The topological polar surface area (TPSA) is 24.1 Å².